The summed E-state index contributed by atoms with van der Waals surface area (Å²) in [5.41, 5.74) is 7.64. The van der Waals surface area contributed by atoms with Gasteiger partial charge in [-0.05, 0) is 48.9 Å². The maximum atomic E-state index is 13.5. The third kappa shape index (κ3) is 3.33. The van der Waals surface area contributed by atoms with Crippen molar-refractivity contribution in [2.24, 2.45) is 0 Å². The predicted octanol–water partition coefficient (Wildman–Crippen LogP) is 3.49. The number of nitrogen functional groups attached to an aromatic ring is 1. The highest BCUT2D eigenvalue weighted by Gasteiger charge is 2.31. The van der Waals surface area contributed by atoms with E-state index in [1.165, 1.54) is 9.47 Å². The Balaban J connectivity index is 1.57. The van der Waals surface area contributed by atoms with Gasteiger partial charge in [0.05, 0.1) is 17.2 Å². The Labute approximate surface area is 182 Å². The first-order valence-corrected chi connectivity index (χ1v) is 10.2. The number of nitrogens with two attached hydrogens (primary N) is 1. The number of aromatic nitrogens is 3. The Morgan fingerprint density at radius 1 is 1.06 bits per heavy atom. The van der Waals surface area contributed by atoms with Crippen LogP contribution in [0.4, 0.5) is 10.6 Å². The number of pyridine rings is 1. The molecule has 0 saturated carbocycles. The molecule has 1 atom stereocenters. The van der Waals surface area contributed by atoms with Gasteiger partial charge in [-0.2, -0.15) is 0 Å². The van der Waals surface area contributed by atoms with Crippen LogP contribution < -0.4 is 16.2 Å². The van der Waals surface area contributed by atoms with Crippen LogP contribution in [-0.2, 0) is 0 Å². The van der Waals surface area contributed by atoms with Crippen LogP contribution >= 0.6 is 0 Å². The minimum absolute atomic E-state index is 0.232. The number of anilines is 1. The summed E-state index contributed by atoms with van der Waals surface area (Å²) >= 11 is 0. The molecule has 4 aromatic rings. The highest BCUT2D eigenvalue weighted by atomic mass is 16.5. The monoisotopic (exact) mass is 431 g/mol. The van der Waals surface area contributed by atoms with Gasteiger partial charge >= 0.3 is 11.8 Å². The van der Waals surface area contributed by atoms with E-state index in [4.69, 9.17) is 10.5 Å². The Morgan fingerprint density at radius 2 is 1.78 bits per heavy atom. The van der Waals surface area contributed by atoms with Gasteiger partial charge in [-0.15, -0.1) is 0 Å². The molecular formula is C23H21N5O4. The molecule has 1 aliphatic rings. The molecule has 32 heavy (non-hydrogen) atoms. The summed E-state index contributed by atoms with van der Waals surface area (Å²) in [7, 11) is 0. The summed E-state index contributed by atoms with van der Waals surface area (Å²) < 4.78 is 8.99. The van der Waals surface area contributed by atoms with Crippen LogP contribution in [0.25, 0.3) is 16.7 Å². The van der Waals surface area contributed by atoms with E-state index in [1.54, 1.807) is 41.1 Å². The van der Waals surface area contributed by atoms with Crippen LogP contribution in [0.15, 0.2) is 71.7 Å². The Bertz CT molecular complexity index is 1340. The van der Waals surface area contributed by atoms with E-state index in [-0.39, 0.29) is 24.1 Å². The molecule has 0 radical (unpaired) electrons. The average molecular weight is 431 g/mol. The van der Waals surface area contributed by atoms with Crippen LogP contribution in [0.5, 0.6) is 11.5 Å². The number of para-hydroxylation sites is 1. The van der Waals surface area contributed by atoms with E-state index in [2.05, 4.69) is 4.98 Å². The maximum absolute atomic E-state index is 13.5. The molecule has 1 fully saturated rings. The van der Waals surface area contributed by atoms with Crippen LogP contribution in [0.1, 0.15) is 12.5 Å². The molecule has 9 heteroatoms. The van der Waals surface area contributed by atoms with E-state index in [1.807, 2.05) is 30.3 Å². The SMILES string of the molecule is Nc1nccc2c1n(-c1ccc(Oc3ccccc3)cc1)c(=O)n2[C@@H]1CCN(C(=O)O)C1. The maximum Gasteiger partial charge on any atom is 0.407 e. The molecule has 1 saturated heterocycles. The Morgan fingerprint density at radius 3 is 2.47 bits per heavy atom. The number of imidazole rings is 1. The van der Waals surface area contributed by atoms with Gasteiger partial charge in [0.25, 0.3) is 0 Å². The van der Waals surface area contributed by atoms with E-state index < -0.39 is 6.09 Å². The molecule has 2 aromatic heterocycles. The van der Waals surface area contributed by atoms with Crippen molar-refractivity contribution in [1.82, 2.24) is 19.0 Å². The largest absolute Gasteiger partial charge is 0.465 e. The first-order chi connectivity index (χ1) is 15.5. The fourth-order valence-electron chi connectivity index (χ4n) is 4.20. The fourth-order valence-corrected chi connectivity index (χ4v) is 4.20. The highest BCUT2D eigenvalue weighted by molar-refractivity contribution is 5.87. The Hall–Kier alpha value is -4.27. The second kappa shape index (κ2) is 7.77. The summed E-state index contributed by atoms with van der Waals surface area (Å²) in [6.45, 7) is 0.631. The summed E-state index contributed by atoms with van der Waals surface area (Å²) in [5, 5.41) is 9.31. The average Bonchev–Trinajstić information content (AvgIpc) is 3.38. The van der Waals surface area contributed by atoms with Crippen molar-refractivity contribution in [3.05, 3.63) is 77.3 Å². The minimum Gasteiger partial charge on any atom is -0.465 e. The molecule has 9 nitrogen and oxygen atoms in total. The lowest BCUT2D eigenvalue weighted by Gasteiger charge is -2.13. The number of likely N-dealkylation sites (tertiary alicyclic amines) is 1. The molecule has 162 valence electrons. The third-order valence-electron chi connectivity index (χ3n) is 5.68. The fraction of sp³-hybridized carbons (Fsp3) is 0.174. The molecule has 0 spiro atoms. The Kier molecular flexibility index (Phi) is 4.78. The number of rotatable bonds is 4. The number of hydrogen-bond acceptors (Lipinski definition) is 5. The van der Waals surface area contributed by atoms with Crippen LogP contribution in [0.2, 0.25) is 0 Å². The number of carboxylic acid groups (broad SMARTS) is 1. The van der Waals surface area contributed by atoms with Crippen molar-refractivity contribution in [2.75, 3.05) is 18.8 Å². The first-order valence-electron chi connectivity index (χ1n) is 10.2. The van der Waals surface area contributed by atoms with Crippen molar-refractivity contribution in [3.8, 4) is 17.2 Å². The quantitative estimate of drug-likeness (QED) is 0.511. The standard InChI is InChI=1S/C23H21N5O4/c24-21-20-19(10-12-25-21)27(16-11-13-26(14-16)23(30)31)22(29)28(20)15-6-8-18(9-7-15)32-17-4-2-1-3-5-17/h1-10,12,16H,11,13-14H2,(H2,24,25)(H,30,31)/t16-/m1/s1. The summed E-state index contributed by atoms with van der Waals surface area (Å²) in [5.74, 6) is 1.58. The lowest BCUT2D eigenvalue weighted by atomic mass is 10.2. The van der Waals surface area contributed by atoms with Gasteiger partial charge in [0.15, 0.2) is 0 Å². The summed E-state index contributed by atoms with van der Waals surface area (Å²) in [4.78, 5) is 30.4. The zero-order valence-corrected chi connectivity index (χ0v) is 17.1. The number of nitrogens with zero attached hydrogens (tertiary/aromatic N) is 4. The second-order valence-electron chi connectivity index (χ2n) is 7.63. The van der Waals surface area contributed by atoms with Gasteiger partial charge < -0.3 is 20.5 Å². The van der Waals surface area contributed by atoms with Crippen molar-refractivity contribution < 1.29 is 14.6 Å². The summed E-state index contributed by atoms with van der Waals surface area (Å²) in [6, 6.07) is 18.0. The van der Waals surface area contributed by atoms with Crippen molar-refractivity contribution in [1.29, 1.82) is 0 Å². The van der Waals surface area contributed by atoms with Gasteiger partial charge in [0.2, 0.25) is 0 Å². The molecule has 0 aliphatic carbocycles. The molecule has 2 aromatic carbocycles. The molecule has 5 rings (SSSR count). The van der Waals surface area contributed by atoms with Gasteiger partial charge in [0.1, 0.15) is 22.8 Å². The van der Waals surface area contributed by atoms with E-state index in [0.717, 1.165) is 0 Å². The molecule has 1 aliphatic heterocycles. The van der Waals surface area contributed by atoms with Gasteiger partial charge in [-0.3, -0.25) is 9.13 Å². The van der Waals surface area contributed by atoms with Crippen molar-refractivity contribution >= 4 is 22.9 Å². The molecule has 3 N–H and O–H groups in total. The lowest BCUT2D eigenvalue weighted by molar-refractivity contribution is 0.154. The van der Waals surface area contributed by atoms with Crippen molar-refractivity contribution in [3.63, 3.8) is 0 Å². The van der Waals surface area contributed by atoms with Gasteiger partial charge in [0, 0.05) is 19.3 Å². The number of hydrogen-bond donors (Lipinski definition) is 2. The van der Waals surface area contributed by atoms with E-state index in [0.29, 0.717) is 41.2 Å². The molecule has 0 bridgehead atoms. The highest BCUT2D eigenvalue weighted by Crippen LogP contribution is 2.29. The summed E-state index contributed by atoms with van der Waals surface area (Å²) in [6.07, 6.45) is 1.12. The third-order valence-corrected chi connectivity index (χ3v) is 5.68. The second-order valence-corrected chi connectivity index (χ2v) is 7.63. The molecule has 0 unspecified atom stereocenters. The van der Waals surface area contributed by atoms with Crippen LogP contribution in [-0.4, -0.2) is 43.3 Å². The minimum atomic E-state index is -0.987. The zero-order valence-electron chi connectivity index (χ0n) is 17.1. The van der Waals surface area contributed by atoms with Gasteiger partial charge in [-0.1, -0.05) is 18.2 Å². The number of carbonyl (C=O) groups is 1. The van der Waals surface area contributed by atoms with E-state index in [9.17, 15) is 14.7 Å². The molecular weight excluding hydrogens is 410 g/mol. The number of ether oxygens (including phenoxy) is 1. The normalized spacial score (nSPS) is 15.9. The number of fused-ring (bicyclic) bond motifs is 1. The topological polar surface area (TPSA) is 116 Å². The number of benzene rings is 2. The van der Waals surface area contributed by atoms with Crippen LogP contribution in [0.3, 0.4) is 0 Å². The zero-order chi connectivity index (χ0) is 22.2. The lowest BCUT2D eigenvalue weighted by Crippen LogP contribution is -2.31. The smallest absolute Gasteiger partial charge is 0.407 e. The molecule has 1 amide bonds. The predicted molar refractivity (Wildman–Crippen MR) is 120 cm³/mol. The van der Waals surface area contributed by atoms with Gasteiger partial charge in [-0.25, -0.2) is 14.6 Å². The number of amides is 1. The first kappa shape index (κ1) is 19.7. The molecule has 3 heterocycles. The van der Waals surface area contributed by atoms with E-state index >= 15 is 0 Å². The van der Waals surface area contributed by atoms with Crippen LogP contribution in [0, 0.1) is 0 Å². The van der Waals surface area contributed by atoms with Crippen molar-refractivity contribution in [2.45, 2.75) is 12.5 Å².